The molecule has 128 valence electrons. The highest BCUT2D eigenvalue weighted by molar-refractivity contribution is 7.89. The minimum Gasteiger partial charge on any atom is -0.457 e. The lowest BCUT2D eigenvalue weighted by molar-refractivity contribution is -0.0412. The molecule has 1 saturated heterocycles. The highest BCUT2D eigenvalue weighted by atomic mass is 32.2. The number of benzene rings is 2. The van der Waals surface area contributed by atoms with Gasteiger partial charge in [0.15, 0.2) is 0 Å². The Hall–Kier alpha value is -1.99. The fraction of sp³-hybridized carbons (Fsp3) is 0.294. The van der Waals surface area contributed by atoms with Crippen LogP contribution in [0.25, 0.3) is 0 Å². The van der Waals surface area contributed by atoms with E-state index in [1.54, 1.807) is 24.3 Å². The summed E-state index contributed by atoms with van der Waals surface area (Å²) in [5.41, 5.74) is 0. The Morgan fingerprint density at radius 3 is 2.00 bits per heavy atom. The molecular weight excluding hydrogens is 336 g/mol. The summed E-state index contributed by atoms with van der Waals surface area (Å²) < 4.78 is 58.1. The van der Waals surface area contributed by atoms with Gasteiger partial charge in [-0.2, -0.15) is 4.31 Å². The molecule has 0 N–H and O–H groups in total. The molecule has 0 saturated carbocycles. The molecule has 1 aliphatic rings. The predicted octanol–water partition coefficient (Wildman–Crippen LogP) is 3.90. The van der Waals surface area contributed by atoms with Gasteiger partial charge >= 0.3 is 0 Å². The Labute approximate surface area is 139 Å². The van der Waals surface area contributed by atoms with Crippen LogP contribution in [-0.4, -0.2) is 31.7 Å². The van der Waals surface area contributed by atoms with Crippen LogP contribution in [0.2, 0.25) is 0 Å². The number of halogens is 2. The van der Waals surface area contributed by atoms with Crippen molar-refractivity contribution in [2.45, 2.75) is 23.7 Å². The summed E-state index contributed by atoms with van der Waals surface area (Å²) in [5.74, 6) is -1.63. The van der Waals surface area contributed by atoms with Crippen LogP contribution in [0.15, 0.2) is 59.5 Å². The van der Waals surface area contributed by atoms with E-state index in [2.05, 4.69) is 0 Å². The highest BCUT2D eigenvalue weighted by Crippen LogP contribution is 2.31. The second-order valence-electron chi connectivity index (χ2n) is 5.65. The molecule has 0 aromatic heterocycles. The molecular formula is C17H17F2NO3S. The lowest BCUT2D eigenvalue weighted by atomic mass is 10.1. The van der Waals surface area contributed by atoms with Gasteiger partial charge in [0, 0.05) is 25.9 Å². The van der Waals surface area contributed by atoms with Gasteiger partial charge in [-0.05, 0) is 36.4 Å². The van der Waals surface area contributed by atoms with Crippen LogP contribution in [0.5, 0.6) is 11.5 Å². The van der Waals surface area contributed by atoms with Crippen molar-refractivity contribution in [3.63, 3.8) is 0 Å². The third-order valence-corrected chi connectivity index (χ3v) is 5.81. The maximum Gasteiger partial charge on any atom is 0.250 e. The Morgan fingerprint density at radius 2 is 1.42 bits per heavy atom. The van der Waals surface area contributed by atoms with Crippen molar-refractivity contribution in [2.24, 2.45) is 0 Å². The highest BCUT2D eigenvalue weighted by Gasteiger charge is 2.38. The van der Waals surface area contributed by atoms with Crippen molar-refractivity contribution >= 4 is 10.0 Å². The van der Waals surface area contributed by atoms with Crippen LogP contribution in [-0.2, 0) is 10.0 Å². The smallest absolute Gasteiger partial charge is 0.250 e. The summed E-state index contributed by atoms with van der Waals surface area (Å²) >= 11 is 0. The zero-order valence-corrected chi connectivity index (χ0v) is 13.7. The molecule has 1 aliphatic heterocycles. The summed E-state index contributed by atoms with van der Waals surface area (Å²) in [6.45, 7) is -0.338. The summed E-state index contributed by atoms with van der Waals surface area (Å²) in [6.07, 6.45) is -0.886. The fourth-order valence-electron chi connectivity index (χ4n) is 2.51. The minimum atomic E-state index is -3.76. The number of rotatable bonds is 4. The first-order chi connectivity index (χ1) is 11.4. The first kappa shape index (κ1) is 16.9. The quantitative estimate of drug-likeness (QED) is 0.837. The van der Waals surface area contributed by atoms with Gasteiger partial charge in [0.25, 0.3) is 5.92 Å². The minimum absolute atomic E-state index is 0.0770. The molecule has 1 fully saturated rings. The molecule has 4 nitrogen and oxygen atoms in total. The Bertz CT molecular complexity index is 782. The number of hydrogen-bond donors (Lipinski definition) is 0. The van der Waals surface area contributed by atoms with E-state index in [1.807, 2.05) is 18.2 Å². The van der Waals surface area contributed by atoms with Gasteiger partial charge in [-0.3, -0.25) is 0 Å². The van der Waals surface area contributed by atoms with Crippen LogP contribution >= 0.6 is 0 Å². The van der Waals surface area contributed by atoms with E-state index in [4.69, 9.17) is 4.74 Å². The summed E-state index contributed by atoms with van der Waals surface area (Å²) in [6, 6.07) is 15.1. The number of nitrogens with zero attached hydrogens (tertiary/aromatic N) is 1. The van der Waals surface area contributed by atoms with Gasteiger partial charge in [-0.1, -0.05) is 18.2 Å². The van der Waals surface area contributed by atoms with Crippen LogP contribution in [0.3, 0.4) is 0 Å². The third kappa shape index (κ3) is 3.73. The number of hydrogen-bond acceptors (Lipinski definition) is 3. The molecule has 0 radical (unpaired) electrons. The van der Waals surface area contributed by atoms with Gasteiger partial charge in [0.05, 0.1) is 4.90 Å². The molecule has 0 atom stereocenters. The normalized spacial score (nSPS) is 18.2. The Kier molecular flexibility index (Phi) is 4.56. The predicted molar refractivity (Wildman–Crippen MR) is 85.9 cm³/mol. The van der Waals surface area contributed by atoms with E-state index >= 15 is 0 Å². The van der Waals surface area contributed by atoms with Gasteiger partial charge in [-0.15, -0.1) is 0 Å². The zero-order valence-electron chi connectivity index (χ0n) is 12.9. The van der Waals surface area contributed by atoms with E-state index in [-0.39, 0.29) is 18.0 Å². The van der Waals surface area contributed by atoms with Crippen molar-refractivity contribution < 1.29 is 21.9 Å². The monoisotopic (exact) mass is 353 g/mol. The topological polar surface area (TPSA) is 46.6 Å². The Morgan fingerprint density at radius 1 is 0.875 bits per heavy atom. The van der Waals surface area contributed by atoms with Crippen molar-refractivity contribution in [3.8, 4) is 11.5 Å². The maximum absolute atomic E-state index is 13.2. The van der Waals surface area contributed by atoms with Crippen molar-refractivity contribution in [1.29, 1.82) is 0 Å². The van der Waals surface area contributed by atoms with E-state index in [1.165, 1.54) is 12.1 Å². The van der Waals surface area contributed by atoms with Crippen LogP contribution in [0.4, 0.5) is 8.78 Å². The largest absolute Gasteiger partial charge is 0.457 e. The molecule has 3 rings (SSSR count). The number of alkyl halides is 2. The molecule has 0 amide bonds. The van der Waals surface area contributed by atoms with Crippen molar-refractivity contribution in [3.05, 3.63) is 54.6 Å². The van der Waals surface area contributed by atoms with E-state index in [0.29, 0.717) is 11.5 Å². The molecule has 0 spiro atoms. The standard InChI is InChI=1S/C17H17F2NO3S/c18-17(19)10-12-20(13-11-17)24(21,22)16-8-6-15(7-9-16)23-14-4-2-1-3-5-14/h1-9H,10-13H2. The van der Waals surface area contributed by atoms with E-state index in [9.17, 15) is 17.2 Å². The SMILES string of the molecule is O=S(=O)(c1ccc(Oc2ccccc2)cc1)N1CCC(F)(F)CC1. The molecule has 1 heterocycles. The van der Waals surface area contributed by atoms with E-state index in [0.717, 1.165) is 4.31 Å². The summed E-state index contributed by atoms with van der Waals surface area (Å²) in [7, 11) is -3.76. The molecule has 2 aromatic rings. The number of sulfonamides is 1. The second-order valence-corrected chi connectivity index (χ2v) is 7.58. The molecule has 0 aliphatic carbocycles. The summed E-state index contributed by atoms with van der Waals surface area (Å²) in [4.78, 5) is 0.0770. The van der Waals surface area contributed by atoms with Crippen LogP contribution < -0.4 is 4.74 Å². The van der Waals surface area contributed by atoms with Gasteiger partial charge < -0.3 is 4.74 Å². The van der Waals surface area contributed by atoms with Crippen molar-refractivity contribution in [2.75, 3.05) is 13.1 Å². The zero-order chi connectivity index (χ0) is 17.2. The number of ether oxygens (including phenoxy) is 1. The lowest BCUT2D eigenvalue weighted by Gasteiger charge is -2.30. The molecule has 0 unspecified atom stereocenters. The molecule has 24 heavy (non-hydrogen) atoms. The van der Waals surface area contributed by atoms with Gasteiger partial charge in [0.1, 0.15) is 11.5 Å². The Balaban J connectivity index is 1.73. The average Bonchev–Trinajstić information content (AvgIpc) is 2.56. The molecule has 2 aromatic carbocycles. The third-order valence-electron chi connectivity index (χ3n) is 3.89. The average molecular weight is 353 g/mol. The lowest BCUT2D eigenvalue weighted by Crippen LogP contribution is -2.42. The van der Waals surface area contributed by atoms with Gasteiger partial charge in [-0.25, -0.2) is 17.2 Å². The fourth-order valence-corrected chi connectivity index (χ4v) is 3.95. The van der Waals surface area contributed by atoms with E-state index < -0.39 is 28.8 Å². The second kappa shape index (κ2) is 6.49. The maximum atomic E-state index is 13.2. The van der Waals surface area contributed by atoms with Crippen molar-refractivity contribution in [1.82, 2.24) is 4.31 Å². The molecule has 0 bridgehead atoms. The van der Waals surface area contributed by atoms with Crippen LogP contribution in [0.1, 0.15) is 12.8 Å². The molecule has 7 heteroatoms. The number of para-hydroxylation sites is 1. The van der Waals surface area contributed by atoms with Crippen LogP contribution in [0, 0.1) is 0 Å². The summed E-state index contributed by atoms with van der Waals surface area (Å²) in [5, 5.41) is 0. The first-order valence-corrected chi connectivity index (χ1v) is 9.02. The first-order valence-electron chi connectivity index (χ1n) is 7.58. The number of piperidine rings is 1. The van der Waals surface area contributed by atoms with Gasteiger partial charge in [0.2, 0.25) is 10.0 Å².